The SMILES string of the molecule is [2H]c1c([2H])c(-c2ccc(N(c3ccccc3)c3ccc4c(c3)c3ccccc3n4-c3ccccc3)cc2)c([2H])c([2H])c1-c1ccc(N(c2ccccc2)c2ccccc2)cc1. The second-order valence-electron chi connectivity index (χ2n) is 13.9. The van der Waals surface area contributed by atoms with Crippen molar-refractivity contribution in [3.05, 3.63) is 236 Å². The molecule has 57 heavy (non-hydrogen) atoms. The van der Waals surface area contributed by atoms with Gasteiger partial charge in [0.1, 0.15) is 0 Å². The summed E-state index contributed by atoms with van der Waals surface area (Å²) >= 11 is 0. The fourth-order valence-corrected chi connectivity index (χ4v) is 7.74. The van der Waals surface area contributed by atoms with E-state index < -0.39 is 0 Å². The molecular weight excluding hydrogens is 691 g/mol. The van der Waals surface area contributed by atoms with Crippen LogP contribution in [0.25, 0.3) is 49.7 Å². The normalized spacial score (nSPS) is 12.1. The van der Waals surface area contributed by atoms with E-state index in [1.54, 1.807) is 0 Å². The molecule has 3 nitrogen and oxygen atoms in total. The molecule has 0 saturated carbocycles. The predicted octanol–water partition coefficient (Wildman–Crippen LogP) is 15.1. The number of para-hydroxylation sites is 5. The number of hydrogen-bond acceptors (Lipinski definition) is 2. The van der Waals surface area contributed by atoms with Gasteiger partial charge in [-0.1, -0.05) is 139 Å². The third kappa shape index (κ3) is 6.52. The van der Waals surface area contributed by atoms with Crippen LogP contribution in [0.15, 0.2) is 236 Å². The molecular formula is C54H39N3. The van der Waals surface area contributed by atoms with Crippen LogP contribution in [0.4, 0.5) is 34.1 Å². The van der Waals surface area contributed by atoms with Crippen LogP contribution >= 0.6 is 0 Å². The van der Waals surface area contributed by atoms with Crippen molar-refractivity contribution in [1.29, 1.82) is 0 Å². The van der Waals surface area contributed by atoms with Crippen molar-refractivity contribution in [1.82, 2.24) is 4.57 Å². The molecule has 3 heteroatoms. The Labute approximate surface area is 339 Å². The van der Waals surface area contributed by atoms with Crippen molar-refractivity contribution in [2.45, 2.75) is 0 Å². The van der Waals surface area contributed by atoms with Crippen molar-refractivity contribution < 1.29 is 5.48 Å². The Kier molecular flexibility index (Phi) is 7.76. The summed E-state index contributed by atoms with van der Waals surface area (Å²) in [5, 5.41) is 2.30. The summed E-state index contributed by atoms with van der Waals surface area (Å²) in [5.74, 6) is 0. The summed E-state index contributed by atoms with van der Waals surface area (Å²) in [4.78, 5) is 4.35. The molecule has 0 N–H and O–H groups in total. The second kappa shape index (κ2) is 14.9. The molecule has 0 bridgehead atoms. The Morgan fingerprint density at radius 3 is 1.16 bits per heavy atom. The first-order chi connectivity index (χ1) is 30.0. The van der Waals surface area contributed by atoms with Crippen LogP contribution in [0.3, 0.4) is 0 Å². The number of anilines is 6. The Bertz CT molecular complexity index is 3090. The monoisotopic (exact) mass is 733 g/mol. The minimum Gasteiger partial charge on any atom is -0.311 e. The van der Waals surface area contributed by atoms with E-state index in [9.17, 15) is 5.48 Å². The molecule has 0 saturated heterocycles. The van der Waals surface area contributed by atoms with E-state index in [4.69, 9.17) is 0 Å². The molecule has 0 amide bonds. The van der Waals surface area contributed by atoms with Crippen molar-refractivity contribution >= 4 is 55.9 Å². The molecule has 9 aromatic carbocycles. The predicted molar refractivity (Wildman–Crippen MR) is 241 cm³/mol. The Morgan fingerprint density at radius 2 is 0.667 bits per heavy atom. The summed E-state index contributed by atoms with van der Waals surface area (Å²) < 4.78 is 39.0. The minimum absolute atomic E-state index is 0.0790. The first-order valence-electron chi connectivity index (χ1n) is 21.1. The van der Waals surface area contributed by atoms with Crippen LogP contribution in [0.5, 0.6) is 0 Å². The van der Waals surface area contributed by atoms with Gasteiger partial charge in [0.15, 0.2) is 0 Å². The van der Waals surface area contributed by atoms with Gasteiger partial charge in [-0.25, -0.2) is 0 Å². The van der Waals surface area contributed by atoms with Gasteiger partial charge in [-0.05, 0) is 119 Å². The molecule has 0 fully saturated rings. The first kappa shape index (κ1) is 29.7. The lowest BCUT2D eigenvalue weighted by molar-refractivity contribution is 1.18. The van der Waals surface area contributed by atoms with Crippen LogP contribution in [-0.4, -0.2) is 4.57 Å². The molecule has 0 unspecified atom stereocenters. The average molecular weight is 734 g/mol. The molecule has 0 radical (unpaired) electrons. The molecule has 10 rings (SSSR count). The summed E-state index contributed by atoms with van der Waals surface area (Å²) in [6.07, 6.45) is 0. The highest BCUT2D eigenvalue weighted by atomic mass is 15.1. The molecule has 10 aromatic rings. The van der Waals surface area contributed by atoms with Crippen molar-refractivity contribution in [2.75, 3.05) is 9.80 Å². The zero-order valence-electron chi connectivity index (χ0n) is 35.0. The summed E-state index contributed by atoms with van der Waals surface area (Å²) in [5.41, 5.74) is 10.9. The largest absolute Gasteiger partial charge is 0.311 e. The fourth-order valence-electron chi connectivity index (χ4n) is 7.74. The molecule has 0 spiro atoms. The maximum atomic E-state index is 9.20. The number of rotatable bonds is 9. The zero-order chi connectivity index (χ0) is 41.5. The van der Waals surface area contributed by atoms with Gasteiger partial charge in [-0.15, -0.1) is 0 Å². The highest BCUT2D eigenvalue weighted by Gasteiger charge is 2.18. The number of fused-ring (bicyclic) bond motifs is 3. The molecule has 0 aliphatic rings. The average Bonchev–Trinajstić information content (AvgIpc) is 3.65. The quantitative estimate of drug-likeness (QED) is 0.146. The molecule has 270 valence electrons. The topological polar surface area (TPSA) is 11.4 Å². The Balaban J connectivity index is 1.01. The van der Waals surface area contributed by atoms with E-state index >= 15 is 0 Å². The van der Waals surface area contributed by atoms with E-state index in [2.05, 4.69) is 117 Å². The van der Waals surface area contributed by atoms with E-state index in [0.29, 0.717) is 11.1 Å². The maximum Gasteiger partial charge on any atom is 0.0629 e. The van der Waals surface area contributed by atoms with Crippen LogP contribution < -0.4 is 9.80 Å². The van der Waals surface area contributed by atoms with Gasteiger partial charge in [0.2, 0.25) is 0 Å². The lowest BCUT2D eigenvalue weighted by atomic mass is 9.99. The number of hydrogen-bond donors (Lipinski definition) is 0. The van der Waals surface area contributed by atoms with E-state index in [1.165, 1.54) is 0 Å². The third-order valence-electron chi connectivity index (χ3n) is 10.4. The zero-order valence-corrected chi connectivity index (χ0v) is 31.0. The highest BCUT2D eigenvalue weighted by molar-refractivity contribution is 6.10. The number of aromatic nitrogens is 1. The summed E-state index contributed by atoms with van der Waals surface area (Å²) in [6.45, 7) is 0. The molecule has 1 aromatic heterocycles. The maximum absolute atomic E-state index is 9.20. The Morgan fingerprint density at radius 1 is 0.298 bits per heavy atom. The minimum atomic E-state index is -0.0804. The second-order valence-corrected chi connectivity index (χ2v) is 13.9. The Hall–Kier alpha value is -7.62. The van der Waals surface area contributed by atoms with Crippen molar-refractivity contribution in [2.24, 2.45) is 0 Å². The van der Waals surface area contributed by atoms with Gasteiger partial charge in [0.05, 0.1) is 16.5 Å². The fraction of sp³-hybridized carbons (Fsp3) is 0. The van der Waals surface area contributed by atoms with Crippen LogP contribution in [0.2, 0.25) is 0 Å². The highest BCUT2D eigenvalue weighted by Crippen LogP contribution is 2.41. The van der Waals surface area contributed by atoms with Crippen molar-refractivity contribution in [3.8, 4) is 27.9 Å². The third-order valence-corrected chi connectivity index (χ3v) is 10.4. The van der Waals surface area contributed by atoms with Gasteiger partial charge in [0, 0.05) is 50.6 Å². The number of benzene rings is 9. The van der Waals surface area contributed by atoms with E-state index in [1.807, 2.05) is 109 Å². The smallest absolute Gasteiger partial charge is 0.0629 e. The van der Waals surface area contributed by atoms with Gasteiger partial charge < -0.3 is 14.4 Å². The van der Waals surface area contributed by atoms with E-state index in [-0.39, 0.29) is 35.3 Å². The van der Waals surface area contributed by atoms with Gasteiger partial charge in [-0.3, -0.25) is 0 Å². The number of nitrogens with zero attached hydrogens (tertiary/aromatic N) is 3. The van der Waals surface area contributed by atoms with Gasteiger partial charge in [-0.2, -0.15) is 0 Å². The lowest BCUT2D eigenvalue weighted by Gasteiger charge is -2.26. The summed E-state index contributed by atoms with van der Waals surface area (Å²) in [7, 11) is 0. The van der Waals surface area contributed by atoms with Gasteiger partial charge in [0.25, 0.3) is 0 Å². The van der Waals surface area contributed by atoms with Crippen LogP contribution in [0.1, 0.15) is 5.48 Å². The van der Waals surface area contributed by atoms with Crippen LogP contribution in [0, 0.1) is 0 Å². The van der Waals surface area contributed by atoms with Gasteiger partial charge >= 0.3 is 0 Å². The lowest BCUT2D eigenvalue weighted by Crippen LogP contribution is -2.09. The molecule has 0 aliphatic carbocycles. The van der Waals surface area contributed by atoms with Crippen LogP contribution in [-0.2, 0) is 0 Å². The molecule has 1 heterocycles. The first-order valence-corrected chi connectivity index (χ1v) is 19.1. The van der Waals surface area contributed by atoms with Crippen molar-refractivity contribution in [3.63, 3.8) is 0 Å². The standard InChI is InChI=1S/C54H39N3/c1-5-15-44(16-6-1)55(45-17-7-2-8-18-45)48-33-29-42(30-34-48)40-25-27-41(28-26-40)43-31-35-49(36-32-43)56(46-19-9-3-10-20-46)50-37-38-54-52(39-50)51-23-13-14-24-53(51)57(54)47-21-11-4-12-22-47/h1-39H/i25D,26D,27D,28D. The summed E-state index contributed by atoms with van der Waals surface area (Å²) in [6, 6.07) is 71.1. The van der Waals surface area contributed by atoms with E-state index in [0.717, 1.165) is 61.6 Å². The molecule has 0 aliphatic heterocycles. The molecule has 0 atom stereocenters.